The number of ketones is 1. The van der Waals surface area contributed by atoms with Crippen molar-refractivity contribution in [3.8, 4) is 0 Å². The van der Waals surface area contributed by atoms with Crippen molar-refractivity contribution in [2.75, 3.05) is 0 Å². The molecule has 0 bridgehead atoms. The maximum atomic E-state index is 11.8. The molecule has 2 heteroatoms. The Morgan fingerprint density at radius 2 is 1.47 bits per heavy atom. The van der Waals surface area contributed by atoms with Crippen molar-refractivity contribution in [1.82, 2.24) is 0 Å². The molecule has 0 spiro atoms. The molecular weight excluding hydrogens is 252 g/mol. The Labute approximate surface area is 120 Å². The second-order valence-electron chi connectivity index (χ2n) is 8.24. The molecule has 0 radical (unpaired) electrons. The van der Waals surface area contributed by atoms with Gasteiger partial charge in [-0.2, -0.15) is 0 Å². The second-order valence-corrected chi connectivity index (χ2v) is 9.26. The Morgan fingerprint density at radius 1 is 0.895 bits per heavy atom. The number of carbonyl (C=O) groups is 1. The maximum Gasteiger partial charge on any atom is 0.137 e. The Hall–Kier alpha value is -0.630. The Bertz CT molecular complexity index is 551. The summed E-state index contributed by atoms with van der Waals surface area (Å²) < 4.78 is 0. The lowest BCUT2D eigenvalue weighted by Crippen LogP contribution is -2.33. The largest absolute Gasteiger partial charge is 0.299 e. The Kier molecular flexibility index (Phi) is 2.62. The monoisotopic (exact) mass is 276 g/mol. The summed E-state index contributed by atoms with van der Waals surface area (Å²) in [5.74, 6) is 1.36. The van der Waals surface area contributed by atoms with Crippen LogP contribution >= 0.6 is 11.3 Å². The van der Waals surface area contributed by atoms with Crippen molar-refractivity contribution in [2.24, 2.45) is 5.92 Å². The van der Waals surface area contributed by atoms with Crippen LogP contribution < -0.4 is 0 Å². The molecule has 1 aromatic rings. The van der Waals surface area contributed by atoms with Gasteiger partial charge in [0.15, 0.2) is 0 Å². The van der Waals surface area contributed by atoms with Gasteiger partial charge in [-0.25, -0.2) is 0 Å². The fraction of sp³-hybridized carbons (Fsp3) is 0.706. The molecule has 2 unspecified atom stereocenters. The molecule has 1 saturated carbocycles. The van der Waals surface area contributed by atoms with Gasteiger partial charge in [-0.05, 0) is 28.4 Å². The summed E-state index contributed by atoms with van der Waals surface area (Å²) in [6.07, 6.45) is 1.80. The smallest absolute Gasteiger partial charge is 0.137 e. The predicted molar refractivity (Wildman–Crippen MR) is 81.3 cm³/mol. The average molecular weight is 276 g/mol. The molecule has 1 nitrogen and oxygen atoms in total. The molecule has 2 atom stereocenters. The summed E-state index contributed by atoms with van der Waals surface area (Å²) in [6.45, 7) is 13.8. The minimum absolute atomic E-state index is 0.199. The number of rotatable bonds is 0. The van der Waals surface area contributed by atoms with E-state index >= 15 is 0 Å². The van der Waals surface area contributed by atoms with Crippen molar-refractivity contribution < 1.29 is 4.79 Å². The van der Waals surface area contributed by atoms with Gasteiger partial charge in [-0.3, -0.25) is 4.79 Å². The molecule has 0 amide bonds. The average Bonchev–Trinajstić information content (AvgIpc) is 2.70. The summed E-state index contributed by atoms with van der Waals surface area (Å²) in [6, 6.07) is 0. The van der Waals surface area contributed by atoms with Gasteiger partial charge in [0.2, 0.25) is 0 Å². The van der Waals surface area contributed by atoms with Crippen LogP contribution in [0.5, 0.6) is 0 Å². The van der Waals surface area contributed by atoms with Crippen LogP contribution in [0.2, 0.25) is 0 Å². The lowest BCUT2D eigenvalue weighted by Gasteiger charge is -2.31. The Morgan fingerprint density at radius 3 is 1.95 bits per heavy atom. The first-order valence-electron chi connectivity index (χ1n) is 7.30. The Balaban J connectivity index is 2.18. The zero-order valence-electron chi connectivity index (χ0n) is 12.9. The van der Waals surface area contributed by atoms with E-state index in [0.717, 1.165) is 12.8 Å². The highest BCUT2D eigenvalue weighted by Gasteiger charge is 2.50. The van der Waals surface area contributed by atoms with Crippen LogP contribution in [0.4, 0.5) is 0 Å². The number of thiophene rings is 1. The fourth-order valence-corrected chi connectivity index (χ4v) is 5.11. The molecule has 1 fully saturated rings. The lowest BCUT2D eigenvalue weighted by molar-refractivity contribution is -0.130. The van der Waals surface area contributed by atoms with E-state index in [0.29, 0.717) is 17.6 Å². The van der Waals surface area contributed by atoms with Gasteiger partial charge in [0.1, 0.15) is 5.78 Å². The van der Waals surface area contributed by atoms with E-state index in [-0.39, 0.29) is 10.8 Å². The molecule has 0 aromatic carbocycles. The van der Waals surface area contributed by atoms with Gasteiger partial charge < -0.3 is 0 Å². The lowest BCUT2D eigenvalue weighted by atomic mass is 9.71. The molecule has 3 rings (SSSR count). The first-order valence-corrected chi connectivity index (χ1v) is 8.11. The van der Waals surface area contributed by atoms with Crippen molar-refractivity contribution in [3.05, 3.63) is 20.9 Å². The molecule has 104 valence electrons. The van der Waals surface area contributed by atoms with Crippen LogP contribution in [0.3, 0.4) is 0 Å². The van der Waals surface area contributed by atoms with Crippen molar-refractivity contribution in [2.45, 2.75) is 71.1 Å². The van der Waals surface area contributed by atoms with Crippen LogP contribution in [0, 0.1) is 5.92 Å². The van der Waals surface area contributed by atoms with E-state index in [1.54, 1.807) is 5.56 Å². The van der Waals surface area contributed by atoms with E-state index in [9.17, 15) is 4.79 Å². The molecule has 2 aliphatic carbocycles. The van der Waals surface area contributed by atoms with Gasteiger partial charge >= 0.3 is 0 Å². The minimum Gasteiger partial charge on any atom is -0.299 e. The number of fused-ring (bicyclic) bond motifs is 3. The summed E-state index contributed by atoms with van der Waals surface area (Å²) in [5.41, 5.74) is 3.49. The molecule has 0 saturated heterocycles. The molecule has 0 aliphatic heterocycles. The van der Waals surface area contributed by atoms with Crippen molar-refractivity contribution >= 4 is 17.1 Å². The third-order valence-electron chi connectivity index (χ3n) is 4.53. The third-order valence-corrected chi connectivity index (χ3v) is 6.62. The fourth-order valence-electron chi connectivity index (χ4n) is 3.59. The van der Waals surface area contributed by atoms with Crippen molar-refractivity contribution in [3.63, 3.8) is 0 Å². The molecular formula is C17H24OS. The van der Waals surface area contributed by atoms with Crippen LogP contribution in [-0.2, 0) is 22.0 Å². The number of hydrogen-bond acceptors (Lipinski definition) is 2. The standard InChI is InChI=1S/C17H24OS/c1-16(2,3)14-11-7-9-10(8-12(9)18)13(11)15(19-14)17(4,5)6/h9-10H,7-8H2,1-6H3. The summed E-state index contributed by atoms with van der Waals surface area (Å²) in [4.78, 5) is 14.9. The van der Waals surface area contributed by atoms with Crippen LogP contribution in [0.15, 0.2) is 0 Å². The summed E-state index contributed by atoms with van der Waals surface area (Å²) in [5, 5.41) is 0. The summed E-state index contributed by atoms with van der Waals surface area (Å²) in [7, 11) is 0. The third kappa shape index (κ3) is 1.83. The van der Waals surface area contributed by atoms with E-state index in [1.807, 2.05) is 11.3 Å². The summed E-state index contributed by atoms with van der Waals surface area (Å²) >= 11 is 2.01. The zero-order valence-corrected chi connectivity index (χ0v) is 13.7. The van der Waals surface area contributed by atoms with Gasteiger partial charge in [0.25, 0.3) is 0 Å². The SMILES string of the molecule is CC(C)(C)c1sc(C(C)(C)C)c2c1CC1C(=O)CC21. The highest BCUT2D eigenvalue weighted by molar-refractivity contribution is 7.12. The van der Waals surface area contributed by atoms with Crippen LogP contribution in [0.25, 0.3) is 0 Å². The number of Topliss-reactive ketones (excluding diaryl/α,β-unsaturated/α-hetero) is 1. The van der Waals surface area contributed by atoms with Gasteiger partial charge in [0.05, 0.1) is 0 Å². The zero-order chi connectivity index (χ0) is 14.2. The topological polar surface area (TPSA) is 17.1 Å². The quantitative estimate of drug-likeness (QED) is 0.678. The molecule has 2 aliphatic rings. The van der Waals surface area contributed by atoms with Gasteiger partial charge in [-0.1, -0.05) is 41.5 Å². The van der Waals surface area contributed by atoms with Gasteiger partial charge in [-0.15, -0.1) is 11.3 Å². The minimum atomic E-state index is 0.199. The maximum absolute atomic E-state index is 11.8. The van der Waals surface area contributed by atoms with Crippen LogP contribution in [-0.4, -0.2) is 5.78 Å². The van der Waals surface area contributed by atoms with E-state index in [2.05, 4.69) is 41.5 Å². The molecule has 1 aromatic heterocycles. The molecule has 1 heterocycles. The molecule has 0 N–H and O–H groups in total. The van der Waals surface area contributed by atoms with E-state index in [1.165, 1.54) is 15.3 Å². The number of carbonyl (C=O) groups excluding carboxylic acids is 1. The van der Waals surface area contributed by atoms with E-state index < -0.39 is 0 Å². The van der Waals surface area contributed by atoms with Crippen molar-refractivity contribution in [1.29, 1.82) is 0 Å². The predicted octanol–water partition coefficient (Wildman–Crippen LogP) is 4.57. The second kappa shape index (κ2) is 3.72. The van der Waals surface area contributed by atoms with E-state index in [4.69, 9.17) is 0 Å². The number of hydrogen-bond donors (Lipinski definition) is 0. The highest BCUT2D eigenvalue weighted by atomic mass is 32.1. The highest BCUT2D eigenvalue weighted by Crippen LogP contribution is 2.57. The van der Waals surface area contributed by atoms with Crippen LogP contribution in [0.1, 0.15) is 74.8 Å². The molecule has 19 heavy (non-hydrogen) atoms. The normalized spacial score (nSPS) is 26.1. The first kappa shape index (κ1) is 13.4. The van der Waals surface area contributed by atoms with Gasteiger partial charge in [0, 0.05) is 28.0 Å². The first-order chi connectivity index (χ1) is 8.60.